The minimum atomic E-state index is -0.0644. The summed E-state index contributed by atoms with van der Waals surface area (Å²) in [4.78, 5) is 22.1. The number of hydrogen-bond donors (Lipinski definition) is 1. The molecule has 0 unspecified atom stereocenters. The van der Waals surface area contributed by atoms with Crippen LogP contribution in [0.2, 0.25) is 0 Å². The Morgan fingerprint density at radius 2 is 1.97 bits per heavy atom. The number of nitrogens with zero attached hydrogens (tertiary/aromatic N) is 4. The summed E-state index contributed by atoms with van der Waals surface area (Å²) in [6.45, 7) is 4.00. The van der Waals surface area contributed by atoms with Crippen LogP contribution in [0.15, 0.2) is 36.4 Å². The molecule has 0 spiro atoms. The van der Waals surface area contributed by atoms with Gasteiger partial charge in [0.2, 0.25) is 11.8 Å². The van der Waals surface area contributed by atoms with E-state index in [1.165, 1.54) is 11.3 Å². The second kappa shape index (κ2) is 7.87. The van der Waals surface area contributed by atoms with Crippen LogP contribution in [0.4, 0.5) is 5.13 Å². The lowest BCUT2D eigenvalue weighted by Crippen LogP contribution is -2.13. The van der Waals surface area contributed by atoms with Crippen molar-refractivity contribution in [1.82, 2.24) is 19.7 Å². The molecule has 7 nitrogen and oxygen atoms in total. The van der Waals surface area contributed by atoms with Gasteiger partial charge in [0.25, 0.3) is 0 Å². The minimum Gasteiger partial charge on any atom is -0.479 e. The third-order valence-electron chi connectivity index (χ3n) is 5.85. The third-order valence-corrected chi connectivity index (χ3v) is 6.78. The molecular formula is C24H23N5O2S. The number of benzene rings is 2. The molecule has 5 rings (SSSR count). The fourth-order valence-electron chi connectivity index (χ4n) is 4.24. The molecule has 1 N–H and O–H groups in total. The van der Waals surface area contributed by atoms with Crippen molar-refractivity contribution in [3.63, 3.8) is 0 Å². The summed E-state index contributed by atoms with van der Waals surface area (Å²) in [7, 11) is 3.46. The standard InChI is InChI=1S/C24H23N5O2S/c1-13-16(14(2)25-22-20(13)23(31-4)28-29(22)3)10-12-19(30)26-24-27-21-17-8-6-5-7-15(17)9-11-18(21)32-24/h5-9,11H,10,12H2,1-4H3,(H,26,27,30). The quantitative estimate of drug-likeness (QED) is 0.415. The van der Waals surface area contributed by atoms with Crippen LogP contribution in [0.25, 0.3) is 32.0 Å². The number of carbonyl (C=O) groups excluding carboxylic acids is 1. The van der Waals surface area contributed by atoms with E-state index in [-0.39, 0.29) is 5.91 Å². The molecule has 2 aromatic carbocycles. The summed E-state index contributed by atoms with van der Waals surface area (Å²) in [5, 5.41) is 11.1. The molecule has 0 fully saturated rings. The zero-order chi connectivity index (χ0) is 22.4. The predicted octanol–water partition coefficient (Wildman–Crippen LogP) is 4.93. The van der Waals surface area contributed by atoms with Crippen LogP contribution >= 0.6 is 11.3 Å². The average molecular weight is 446 g/mol. The molecule has 5 aromatic rings. The van der Waals surface area contributed by atoms with Crippen molar-refractivity contribution < 1.29 is 9.53 Å². The molecule has 32 heavy (non-hydrogen) atoms. The number of methoxy groups -OCH3 is 1. The second-order valence-corrected chi connectivity index (χ2v) is 8.86. The van der Waals surface area contributed by atoms with Crippen LogP contribution in [0.3, 0.4) is 0 Å². The normalized spacial score (nSPS) is 11.5. The number of nitrogens with one attached hydrogen (secondary N) is 1. The van der Waals surface area contributed by atoms with Crippen molar-refractivity contribution in [3.05, 3.63) is 53.2 Å². The van der Waals surface area contributed by atoms with Gasteiger partial charge in [0.1, 0.15) is 0 Å². The molecule has 0 aliphatic rings. The van der Waals surface area contributed by atoms with Crippen LogP contribution < -0.4 is 10.1 Å². The highest BCUT2D eigenvalue weighted by Crippen LogP contribution is 2.32. The largest absolute Gasteiger partial charge is 0.479 e. The van der Waals surface area contributed by atoms with E-state index in [4.69, 9.17) is 9.72 Å². The predicted molar refractivity (Wildman–Crippen MR) is 129 cm³/mol. The molecule has 0 saturated heterocycles. The van der Waals surface area contributed by atoms with Gasteiger partial charge in [-0.15, -0.1) is 5.10 Å². The molecule has 1 amide bonds. The van der Waals surface area contributed by atoms with Crippen LogP contribution in [-0.2, 0) is 18.3 Å². The molecule has 0 saturated carbocycles. The molecule has 162 valence electrons. The zero-order valence-electron chi connectivity index (χ0n) is 18.4. The molecule has 3 heterocycles. The SMILES string of the molecule is COc1nn(C)c2nc(C)c(CCC(=O)Nc3nc4c(ccc5ccccc54)s3)c(C)c12. The second-order valence-electron chi connectivity index (χ2n) is 7.83. The highest BCUT2D eigenvalue weighted by atomic mass is 32.1. The van der Waals surface area contributed by atoms with E-state index in [0.29, 0.717) is 23.9 Å². The smallest absolute Gasteiger partial charge is 0.242 e. The van der Waals surface area contributed by atoms with Gasteiger partial charge in [-0.25, -0.2) is 14.6 Å². The van der Waals surface area contributed by atoms with Gasteiger partial charge in [-0.3, -0.25) is 4.79 Å². The van der Waals surface area contributed by atoms with Gasteiger partial charge >= 0.3 is 0 Å². The summed E-state index contributed by atoms with van der Waals surface area (Å²) in [5.41, 5.74) is 4.71. The summed E-state index contributed by atoms with van der Waals surface area (Å²) in [6.07, 6.45) is 0.923. The maximum absolute atomic E-state index is 12.7. The Bertz CT molecular complexity index is 1500. The average Bonchev–Trinajstić information content (AvgIpc) is 3.34. The lowest BCUT2D eigenvalue weighted by atomic mass is 10.00. The Kier molecular flexibility index (Phi) is 5.01. The lowest BCUT2D eigenvalue weighted by Gasteiger charge is -2.11. The molecule has 0 radical (unpaired) electrons. The lowest BCUT2D eigenvalue weighted by molar-refractivity contribution is -0.116. The summed E-state index contributed by atoms with van der Waals surface area (Å²) < 4.78 is 8.21. The van der Waals surface area contributed by atoms with Crippen molar-refractivity contribution in [2.75, 3.05) is 12.4 Å². The van der Waals surface area contributed by atoms with Crippen molar-refractivity contribution in [3.8, 4) is 5.88 Å². The van der Waals surface area contributed by atoms with E-state index in [0.717, 1.165) is 48.8 Å². The highest BCUT2D eigenvalue weighted by Gasteiger charge is 2.19. The number of aryl methyl sites for hydroxylation is 3. The molecule has 0 aliphatic carbocycles. The van der Waals surface area contributed by atoms with Crippen LogP contribution in [0.1, 0.15) is 23.2 Å². The third kappa shape index (κ3) is 3.36. The van der Waals surface area contributed by atoms with Crippen molar-refractivity contribution in [1.29, 1.82) is 0 Å². The molecule has 0 bridgehead atoms. The first-order valence-electron chi connectivity index (χ1n) is 10.4. The number of pyridine rings is 1. The van der Waals surface area contributed by atoms with E-state index in [1.54, 1.807) is 11.8 Å². The van der Waals surface area contributed by atoms with Crippen LogP contribution in [0.5, 0.6) is 5.88 Å². The van der Waals surface area contributed by atoms with Crippen LogP contribution in [0, 0.1) is 13.8 Å². The first-order valence-corrected chi connectivity index (χ1v) is 11.2. The summed E-state index contributed by atoms with van der Waals surface area (Å²) in [5.74, 6) is 0.491. The minimum absolute atomic E-state index is 0.0644. The number of aromatic nitrogens is 4. The number of hydrogen-bond acceptors (Lipinski definition) is 6. The van der Waals surface area contributed by atoms with E-state index in [9.17, 15) is 4.79 Å². The summed E-state index contributed by atoms with van der Waals surface area (Å²) in [6, 6.07) is 12.3. The summed E-state index contributed by atoms with van der Waals surface area (Å²) >= 11 is 1.50. The number of fused-ring (bicyclic) bond motifs is 4. The van der Waals surface area contributed by atoms with E-state index in [1.807, 2.05) is 33.0 Å². The Morgan fingerprint density at radius 3 is 2.78 bits per heavy atom. The van der Waals surface area contributed by atoms with Gasteiger partial charge < -0.3 is 10.1 Å². The van der Waals surface area contributed by atoms with Crippen molar-refractivity contribution >= 4 is 54.4 Å². The van der Waals surface area contributed by atoms with Gasteiger partial charge in [-0.05, 0) is 42.8 Å². The van der Waals surface area contributed by atoms with Crippen molar-refractivity contribution in [2.45, 2.75) is 26.7 Å². The Labute approximate surface area is 189 Å². The Morgan fingerprint density at radius 1 is 1.16 bits per heavy atom. The molecule has 0 aliphatic heterocycles. The molecule has 8 heteroatoms. The topological polar surface area (TPSA) is 81.9 Å². The number of ether oxygens (including phenoxy) is 1. The van der Waals surface area contributed by atoms with Gasteiger partial charge in [0.15, 0.2) is 10.8 Å². The number of thiazole rings is 1. The highest BCUT2D eigenvalue weighted by molar-refractivity contribution is 7.22. The number of carbonyl (C=O) groups is 1. The fourth-order valence-corrected chi connectivity index (χ4v) is 5.14. The molecular weight excluding hydrogens is 422 g/mol. The Balaban J connectivity index is 1.37. The molecule has 0 atom stereocenters. The van der Waals surface area contributed by atoms with Crippen molar-refractivity contribution in [2.24, 2.45) is 7.05 Å². The van der Waals surface area contributed by atoms with E-state index < -0.39 is 0 Å². The number of amides is 1. The molecule has 3 aromatic heterocycles. The van der Waals surface area contributed by atoms with Gasteiger partial charge in [-0.1, -0.05) is 41.7 Å². The first-order chi connectivity index (χ1) is 15.5. The van der Waals surface area contributed by atoms with E-state index >= 15 is 0 Å². The number of rotatable bonds is 5. The maximum Gasteiger partial charge on any atom is 0.242 e. The maximum atomic E-state index is 12.7. The monoisotopic (exact) mass is 445 g/mol. The number of anilines is 1. The van der Waals surface area contributed by atoms with Gasteiger partial charge in [0, 0.05) is 24.5 Å². The van der Waals surface area contributed by atoms with Gasteiger partial charge in [0.05, 0.1) is 22.7 Å². The van der Waals surface area contributed by atoms with Crippen LogP contribution in [-0.4, -0.2) is 32.8 Å². The fraction of sp³-hybridized carbons (Fsp3) is 0.250. The first kappa shape index (κ1) is 20.4. The van der Waals surface area contributed by atoms with E-state index in [2.05, 4.69) is 39.7 Å². The zero-order valence-corrected chi connectivity index (χ0v) is 19.2. The Hall–Kier alpha value is -3.52. The van der Waals surface area contributed by atoms with Gasteiger partial charge in [-0.2, -0.15) is 0 Å².